The first-order valence-electron chi connectivity index (χ1n) is 9.56. The molecule has 9 heteroatoms. The van der Waals surface area contributed by atoms with Gasteiger partial charge in [0, 0.05) is 21.0 Å². The maximum absolute atomic E-state index is 5.52. The number of hydrogen-bond acceptors (Lipinski definition) is 7. The number of rotatable bonds is 9. The Balaban J connectivity index is 2.19. The third-order valence-electron chi connectivity index (χ3n) is 4.51. The Bertz CT molecular complexity index is 1180. The summed E-state index contributed by atoms with van der Waals surface area (Å²) in [5.41, 5.74) is 2.49. The molecule has 168 valence electrons. The fraction of sp³-hybridized carbons (Fsp3) is 0.217. The summed E-state index contributed by atoms with van der Waals surface area (Å²) in [6.45, 7) is 4.23. The van der Waals surface area contributed by atoms with Gasteiger partial charge < -0.3 is 18.9 Å². The summed E-state index contributed by atoms with van der Waals surface area (Å²) in [5.74, 6) is 2.36. The quantitative estimate of drug-likeness (QED) is 0.296. The summed E-state index contributed by atoms with van der Waals surface area (Å²) in [5, 5.41) is 6.71. The predicted molar refractivity (Wildman–Crippen MR) is 132 cm³/mol. The van der Waals surface area contributed by atoms with Crippen LogP contribution in [0.3, 0.4) is 0 Å². The molecular formula is C23H24BrN3O4S. The molecule has 3 rings (SSSR count). The van der Waals surface area contributed by atoms with Crippen molar-refractivity contribution in [3.63, 3.8) is 0 Å². The Morgan fingerprint density at radius 3 is 2.28 bits per heavy atom. The van der Waals surface area contributed by atoms with Crippen LogP contribution in [0.2, 0.25) is 0 Å². The average molecular weight is 518 g/mol. The van der Waals surface area contributed by atoms with Gasteiger partial charge >= 0.3 is 0 Å². The van der Waals surface area contributed by atoms with Gasteiger partial charge in [-0.1, -0.05) is 22.0 Å². The zero-order chi connectivity index (χ0) is 23.1. The molecule has 0 saturated heterocycles. The summed E-state index contributed by atoms with van der Waals surface area (Å²) < 4.78 is 24.6. The molecular weight excluding hydrogens is 494 g/mol. The Hall–Kier alpha value is -3.04. The highest BCUT2D eigenvalue weighted by atomic mass is 79.9. The van der Waals surface area contributed by atoms with Gasteiger partial charge in [0.05, 0.1) is 46.9 Å². The molecule has 0 radical (unpaired) electrons. The molecule has 0 aliphatic heterocycles. The lowest BCUT2D eigenvalue weighted by Crippen LogP contribution is -2.12. The van der Waals surface area contributed by atoms with Gasteiger partial charge in [-0.05, 0) is 30.3 Å². The minimum absolute atomic E-state index is 0.477. The molecule has 0 unspecified atom stereocenters. The second-order valence-corrected chi connectivity index (χ2v) is 8.14. The molecule has 32 heavy (non-hydrogen) atoms. The van der Waals surface area contributed by atoms with Crippen molar-refractivity contribution in [1.82, 2.24) is 4.68 Å². The Morgan fingerprint density at radius 1 is 1.00 bits per heavy atom. The molecule has 0 spiro atoms. The van der Waals surface area contributed by atoms with Crippen LogP contribution in [0.15, 0.2) is 62.9 Å². The van der Waals surface area contributed by atoms with Crippen LogP contribution >= 0.6 is 27.3 Å². The van der Waals surface area contributed by atoms with Crippen LogP contribution in [0.5, 0.6) is 23.0 Å². The number of halogens is 1. The molecule has 1 aromatic heterocycles. The molecule has 0 atom stereocenters. The molecule has 2 aromatic carbocycles. The van der Waals surface area contributed by atoms with E-state index in [-0.39, 0.29) is 0 Å². The van der Waals surface area contributed by atoms with E-state index in [1.165, 1.54) is 11.3 Å². The van der Waals surface area contributed by atoms with E-state index in [1.54, 1.807) is 45.4 Å². The van der Waals surface area contributed by atoms with E-state index in [1.807, 2.05) is 35.7 Å². The Kier molecular flexibility index (Phi) is 8.13. The van der Waals surface area contributed by atoms with E-state index in [2.05, 4.69) is 27.5 Å². The first-order chi connectivity index (χ1) is 15.6. The van der Waals surface area contributed by atoms with Crippen LogP contribution in [0.25, 0.3) is 11.3 Å². The Labute approximate surface area is 199 Å². The maximum Gasteiger partial charge on any atom is 0.206 e. The number of aromatic nitrogens is 1. The van der Waals surface area contributed by atoms with Crippen molar-refractivity contribution < 1.29 is 18.9 Å². The maximum atomic E-state index is 5.52. The SMILES string of the molecule is C=CCN=c1scc(-c2cc(OC)c(OC)c(OC)c2)n1N=Cc1cc(Br)ccc1OC. The fourth-order valence-electron chi connectivity index (χ4n) is 3.02. The first kappa shape index (κ1) is 23.6. The van der Waals surface area contributed by atoms with Gasteiger partial charge in [0.15, 0.2) is 11.5 Å². The van der Waals surface area contributed by atoms with Crippen molar-refractivity contribution in [2.45, 2.75) is 0 Å². The fourth-order valence-corrected chi connectivity index (χ4v) is 4.24. The standard InChI is InChI=1S/C23H24BrN3O4S/c1-6-9-25-23-27(26-13-16-10-17(24)7-8-19(16)28-2)18(14-32-23)15-11-20(29-3)22(31-5)21(12-15)30-4/h6-8,10-14H,1,9H2,2-5H3. The van der Waals surface area contributed by atoms with Gasteiger partial charge in [-0.15, -0.1) is 17.9 Å². The number of nitrogens with zero attached hydrogens (tertiary/aromatic N) is 3. The van der Waals surface area contributed by atoms with Gasteiger partial charge in [0.1, 0.15) is 5.75 Å². The van der Waals surface area contributed by atoms with Gasteiger partial charge in [-0.2, -0.15) is 5.10 Å². The molecule has 0 aliphatic carbocycles. The van der Waals surface area contributed by atoms with Crippen molar-refractivity contribution in [3.05, 3.63) is 63.2 Å². The van der Waals surface area contributed by atoms with Crippen LogP contribution in [0, 0.1) is 0 Å². The normalized spacial score (nSPS) is 11.6. The van der Waals surface area contributed by atoms with E-state index >= 15 is 0 Å². The third-order valence-corrected chi connectivity index (χ3v) is 5.85. The van der Waals surface area contributed by atoms with Gasteiger partial charge in [0.2, 0.25) is 10.6 Å². The smallest absolute Gasteiger partial charge is 0.206 e. The topological polar surface area (TPSA) is 66.6 Å². The van der Waals surface area contributed by atoms with E-state index in [4.69, 9.17) is 24.0 Å². The van der Waals surface area contributed by atoms with Crippen LogP contribution in [0.1, 0.15) is 5.56 Å². The molecule has 0 saturated carbocycles. The van der Waals surface area contributed by atoms with Crippen LogP contribution < -0.4 is 23.7 Å². The molecule has 0 fully saturated rings. The van der Waals surface area contributed by atoms with Crippen molar-refractivity contribution in [1.29, 1.82) is 0 Å². The van der Waals surface area contributed by atoms with Gasteiger partial charge in [0.25, 0.3) is 0 Å². The van der Waals surface area contributed by atoms with Crippen LogP contribution in [-0.2, 0) is 0 Å². The molecule has 0 bridgehead atoms. The molecule has 7 nitrogen and oxygen atoms in total. The van der Waals surface area contributed by atoms with Crippen molar-refractivity contribution >= 4 is 33.5 Å². The summed E-state index contributed by atoms with van der Waals surface area (Å²) in [6, 6.07) is 9.50. The average Bonchev–Trinajstić information content (AvgIpc) is 3.22. The number of methoxy groups -OCH3 is 4. The third kappa shape index (κ3) is 5.05. The molecule has 0 amide bonds. The second kappa shape index (κ2) is 11.0. The molecule has 1 heterocycles. The minimum atomic E-state index is 0.477. The predicted octanol–water partition coefficient (Wildman–Crippen LogP) is 4.98. The largest absolute Gasteiger partial charge is 0.496 e. The molecule has 0 aliphatic rings. The number of thiazole rings is 1. The van der Waals surface area contributed by atoms with Crippen LogP contribution in [-0.4, -0.2) is 45.9 Å². The summed E-state index contributed by atoms with van der Waals surface area (Å²) in [6.07, 6.45) is 3.48. The summed E-state index contributed by atoms with van der Waals surface area (Å²) in [4.78, 5) is 5.31. The Morgan fingerprint density at radius 2 is 1.69 bits per heavy atom. The van der Waals surface area contributed by atoms with Crippen molar-refractivity contribution in [2.75, 3.05) is 35.0 Å². The minimum Gasteiger partial charge on any atom is -0.496 e. The van der Waals surface area contributed by atoms with E-state index in [0.717, 1.165) is 26.1 Å². The van der Waals surface area contributed by atoms with Gasteiger partial charge in [-0.25, -0.2) is 4.68 Å². The first-order valence-corrected chi connectivity index (χ1v) is 11.2. The number of hydrogen-bond donors (Lipinski definition) is 0. The second-order valence-electron chi connectivity index (χ2n) is 6.39. The summed E-state index contributed by atoms with van der Waals surface area (Å²) >= 11 is 4.98. The number of benzene rings is 2. The van der Waals surface area contributed by atoms with Crippen LogP contribution in [0.4, 0.5) is 0 Å². The highest BCUT2D eigenvalue weighted by molar-refractivity contribution is 9.10. The van der Waals surface area contributed by atoms with E-state index < -0.39 is 0 Å². The molecule has 3 aromatic rings. The lowest BCUT2D eigenvalue weighted by molar-refractivity contribution is 0.324. The van der Waals surface area contributed by atoms with E-state index in [0.29, 0.717) is 29.5 Å². The van der Waals surface area contributed by atoms with Crippen molar-refractivity contribution in [2.24, 2.45) is 10.1 Å². The molecule has 0 N–H and O–H groups in total. The van der Waals surface area contributed by atoms with Gasteiger partial charge in [-0.3, -0.25) is 4.99 Å². The zero-order valence-electron chi connectivity index (χ0n) is 18.3. The lowest BCUT2D eigenvalue weighted by atomic mass is 10.1. The van der Waals surface area contributed by atoms with E-state index in [9.17, 15) is 0 Å². The summed E-state index contributed by atoms with van der Waals surface area (Å²) in [7, 11) is 6.38. The highest BCUT2D eigenvalue weighted by Gasteiger charge is 2.17. The highest BCUT2D eigenvalue weighted by Crippen LogP contribution is 2.41. The monoisotopic (exact) mass is 517 g/mol. The number of ether oxygens (including phenoxy) is 4. The van der Waals surface area contributed by atoms with Crippen molar-refractivity contribution in [3.8, 4) is 34.3 Å². The lowest BCUT2D eigenvalue weighted by Gasteiger charge is -2.14. The zero-order valence-corrected chi connectivity index (χ0v) is 20.7.